The largest absolute Gasteiger partial charge is 0.147 e. The summed E-state index contributed by atoms with van der Waals surface area (Å²) in [5.74, 6) is 0. The molecule has 4 heteroatoms. The van der Waals surface area contributed by atoms with Gasteiger partial charge in [0.2, 0.25) is 0 Å². The molecular weight excluding hydrogens is 217 g/mol. The monoisotopic (exact) mass is 229 g/mol. The number of rotatable bonds is 2. The summed E-state index contributed by atoms with van der Waals surface area (Å²) in [5, 5.41) is 0. The van der Waals surface area contributed by atoms with E-state index in [1.165, 1.54) is 6.42 Å². The standard InChI is InChI=1S/C5H5.C2H6N.2ClH.Ti/c1-2-4-5-3-1;1-3-2;;;/h1-3H,4H2;1-2H3;2*1H;/q;-1;;;+1. The third kappa shape index (κ3) is 5.95. The molecule has 11 heavy (non-hydrogen) atoms. The first-order valence-corrected chi connectivity index (χ1v) is 4.56. The Labute approximate surface area is 90.0 Å². The molecule has 0 radical (unpaired) electrons. The molecule has 0 aromatic heterocycles. The first-order valence-electron chi connectivity index (χ1n) is 3.09. The van der Waals surface area contributed by atoms with Crippen molar-refractivity contribution in [3.63, 3.8) is 0 Å². The molecule has 0 spiro atoms. The average molecular weight is 230 g/mol. The van der Waals surface area contributed by atoms with E-state index < -0.39 is 0 Å². The van der Waals surface area contributed by atoms with Crippen LogP contribution in [0.15, 0.2) is 22.1 Å². The Hall–Kier alpha value is 0.734. The van der Waals surface area contributed by atoms with E-state index in [2.05, 4.69) is 35.7 Å². The van der Waals surface area contributed by atoms with Crippen molar-refractivity contribution in [2.45, 2.75) is 6.42 Å². The van der Waals surface area contributed by atoms with Crippen molar-refractivity contribution in [2.24, 2.45) is 0 Å². The summed E-state index contributed by atoms with van der Waals surface area (Å²) < 4.78 is 3.96. The van der Waals surface area contributed by atoms with Crippen LogP contribution in [0.3, 0.4) is 0 Å². The van der Waals surface area contributed by atoms with E-state index in [0.717, 1.165) is 0 Å². The van der Waals surface area contributed by atoms with Crippen LogP contribution in [-0.4, -0.2) is 17.5 Å². The van der Waals surface area contributed by atoms with Crippen LogP contribution in [0.5, 0.6) is 0 Å². The molecule has 1 nitrogen and oxygen atoms in total. The Balaban J connectivity index is 0. The summed E-state index contributed by atoms with van der Waals surface area (Å²) in [6.45, 7) is 0. The first-order chi connectivity index (χ1) is 4.29. The molecule has 0 aromatic carbocycles. The van der Waals surface area contributed by atoms with E-state index >= 15 is 0 Å². The average Bonchev–Trinajstić information content (AvgIpc) is 2.15. The zero-order valence-corrected chi connectivity index (χ0v) is 9.90. The van der Waals surface area contributed by atoms with Crippen molar-refractivity contribution >= 4 is 24.8 Å². The van der Waals surface area contributed by atoms with Gasteiger partial charge in [0.1, 0.15) is 0 Å². The third-order valence-electron chi connectivity index (χ3n) is 1.14. The number of hydrogen-bond acceptors (Lipinski definition) is 1. The molecule has 0 atom stereocenters. The van der Waals surface area contributed by atoms with Crippen molar-refractivity contribution in [1.82, 2.24) is 3.38 Å². The predicted molar refractivity (Wildman–Crippen MR) is 50.0 cm³/mol. The molecule has 0 saturated carbocycles. The maximum absolute atomic E-state index is 2.32. The second kappa shape index (κ2) is 7.39. The van der Waals surface area contributed by atoms with Crippen LogP contribution in [0.2, 0.25) is 0 Å². The molecule has 1 aliphatic rings. The second-order valence-corrected chi connectivity index (χ2v) is 5.08. The number of allylic oxidation sites excluding steroid dienone is 4. The maximum atomic E-state index is 2.32. The number of halogens is 2. The molecule has 0 unspecified atom stereocenters. The zero-order valence-electron chi connectivity index (χ0n) is 6.70. The Bertz CT molecular complexity index is 155. The molecule has 0 bridgehead atoms. The Morgan fingerprint density at radius 2 is 2.00 bits per heavy atom. The molecule has 0 amide bonds. The SMILES string of the molecule is C[N](C)[Ti][C]1=CC=CC1.Cl.Cl. The molecule has 0 fully saturated rings. The fourth-order valence-electron chi connectivity index (χ4n) is 0.817. The summed E-state index contributed by atoms with van der Waals surface area (Å²) in [4.78, 5) is 0. The normalized spacial score (nSPS) is 13.5. The zero-order chi connectivity index (χ0) is 6.69. The Kier molecular flexibility index (Phi) is 9.58. The van der Waals surface area contributed by atoms with Crippen LogP contribution < -0.4 is 0 Å². The molecule has 0 aliphatic heterocycles. The quantitative estimate of drug-likeness (QED) is 0.657. The van der Waals surface area contributed by atoms with Crippen LogP contribution >= 0.6 is 24.8 Å². The van der Waals surface area contributed by atoms with Gasteiger partial charge < -0.3 is 0 Å². The number of nitrogens with zero attached hydrogens (tertiary/aromatic N) is 1. The molecular formula is C7H13Cl2NTi. The van der Waals surface area contributed by atoms with Gasteiger partial charge in [0.05, 0.1) is 0 Å². The summed E-state index contributed by atoms with van der Waals surface area (Å²) in [7, 11) is 4.30. The Morgan fingerprint density at radius 3 is 2.36 bits per heavy atom. The molecule has 1 aliphatic carbocycles. The molecule has 0 aromatic rings. The summed E-state index contributed by atoms with van der Waals surface area (Å²) in [5.41, 5.74) is 0. The van der Waals surface area contributed by atoms with Gasteiger partial charge in [0.25, 0.3) is 0 Å². The van der Waals surface area contributed by atoms with Crippen LogP contribution in [-0.2, 0) is 19.4 Å². The van der Waals surface area contributed by atoms with E-state index in [0.29, 0.717) is 0 Å². The smallest absolute Gasteiger partial charge is 0.147 e. The van der Waals surface area contributed by atoms with Crippen LogP contribution in [0.25, 0.3) is 0 Å². The first kappa shape index (κ1) is 14.3. The van der Waals surface area contributed by atoms with Crippen LogP contribution in [0.4, 0.5) is 0 Å². The van der Waals surface area contributed by atoms with Gasteiger partial charge in [-0.15, -0.1) is 24.8 Å². The minimum Gasteiger partial charge on any atom is -0.147 e. The second-order valence-electron chi connectivity index (χ2n) is 2.33. The van der Waals surface area contributed by atoms with Gasteiger partial charge in [-0.25, -0.2) is 0 Å². The molecule has 0 N–H and O–H groups in total. The van der Waals surface area contributed by atoms with Gasteiger partial charge in [-0.3, -0.25) is 0 Å². The van der Waals surface area contributed by atoms with Crippen LogP contribution in [0, 0.1) is 0 Å². The van der Waals surface area contributed by atoms with Gasteiger partial charge in [-0.1, -0.05) is 0 Å². The maximum Gasteiger partial charge on any atom is -0.147 e. The third-order valence-corrected chi connectivity index (χ3v) is 2.86. The Morgan fingerprint density at radius 1 is 1.36 bits per heavy atom. The van der Waals surface area contributed by atoms with E-state index in [1.807, 2.05) is 0 Å². The van der Waals surface area contributed by atoms with Gasteiger partial charge in [-0.05, 0) is 0 Å². The van der Waals surface area contributed by atoms with Gasteiger partial charge >= 0.3 is 65.4 Å². The molecule has 1 rings (SSSR count). The molecule has 0 saturated heterocycles. The van der Waals surface area contributed by atoms with Gasteiger partial charge in [-0.2, -0.15) is 0 Å². The van der Waals surface area contributed by atoms with Crippen molar-refractivity contribution in [2.75, 3.05) is 14.1 Å². The van der Waals surface area contributed by atoms with Crippen LogP contribution in [0.1, 0.15) is 6.42 Å². The van der Waals surface area contributed by atoms with Gasteiger partial charge in [0, 0.05) is 0 Å². The topological polar surface area (TPSA) is 3.24 Å². The van der Waals surface area contributed by atoms with Crippen molar-refractivity contribution in [1.29, 1.82) is 0 Å². The van der Waals surface area contributed by atoms with E-state index in [4.69, 9.17) is 0 Å². The molecule has 0 heterocycles. The number of hydrogen-bond donors (Lipinski definition) is 0. The minimum absolute atomic E-state index is 0. The van der Waals surface area contributed by atoms with E-state index in [9.17, 15) is 0 Å². The fourth-order valence-corrected chi connectivity index (χ4v) is 2.31. The minimum atomic E-state index is 0. The molecule has 64 valence electrons. The van der Waals surface area contributed by atoms with Crippen molar-refractivity contribution < 1.29 is 19.4 Å². The summed E-state index contributed by atoms with van der Waals surface area (Å²) >= 11 is 0.0694. The summed E-state index contributed by atoms with van der Waals surface area (Å²) in [6, 6.07) is 0. The van der Waals surface area contributed by atoms with E-state index in [1.54, 1.807) is 3.88 Å². The van der Waals surface area contributed by atoms with E-state index in [-0.39, 0.29) is 44.2 Å². The van der Waals surface area contributed by atoms with Crippen molar-refractivity contribution in [3.8, 4) is 0 Å². The predicted octanol–water partition coefficient (Wildman–Crippen LogP) is 2.23. The fraction of sp³-hybridized carbons (Fsp3) is 0.429. The summed E-state index contributed by atoms with van der Waals surface area (Å²) in [6.07, 6.45) is 7.84. The van der Waals surface area contributed by atoms with Crippen molar-refractivity contribution in [3.05, 3.63) is 22.1 Å². The van der Waals surface area contributed by atoms with Gasteiger partial charge in [0.15, 0.2) is 0 Å².